The summed E-state index contributed by atoms with van der Waals surface area (Å²) in [5.74, 6) is -1.42. The molecule has 7 nitrogen and oxygen atoms in total. The molecule has 0 fully saturated rings. The highest BCUT2D eigenvalue weighted by Crippen LogP contribution is 2.37. The molecule has 0 aliphatic heterocycles. The molecule has 3 aromatic carbocycles. The number of hydrogen-bond acceptors (Lipinski definition) is 4. The van der Waals surface area contributed by atoms with Crippen LogP contribution in [0.2, 0.25) is 15.1 Å². The molecular weight excluding hydrogens is 626 g/mol. The first kappa shape index (κ1) is 32.5. The van der Waals surface area contributed by atoms with E-state index in [1.165, 1.54) is 43.3 Å². The van der Waals surface area contributed by atoms with Crippen LogP contribution in [0.4, 0.5) is 18.9 Å². The molecule has 220 valence electrons. The van der Waals surface area contributed by atoms with Gasteiger partial charge in [0, 0.05) is 13.1 Å². The summed E-state index contributed by atoms with van der Waals surface area (Å²) in [5.41, 5.74) is -1.25. The molecule has 0 spiro atoms. The molecule has 0 radical (unpaired) electrons. The lowest BCUT2D eigenvalue weighted by Gasteiger charge is -2.32. The number of carbonyl (C=O) groups is 2. The number of nitrogens with zero attached hydrogens (tertiary/aromatic N) is 2. The van der Waals surface area contributed by atoms with Gasteiger partial charge in [0.15, 0.2) is 0 Å². The summed E-state index contributed by atoms with van der Waals surface area (Å²) < 4.78 is 68.8. The van der Waals surface area contributed by atoms with Crippen molar-refractivity contribution in [1.29, 1.82) is 0 Å². The Hall–Kier alpha value is -2.99. The van der Waals surface area contributed by atoms with Crippen LogP contribution in [0.25, 0.3) is 0 Å². The number of rotatable bonds is 10. The second kappa shape index (κ2) is 13.3. The SMILES string of the molecule is CCNC(=O)C(C)N(Cc1ccc(Cl)c(Cl)c1)C(=O)CN(c1cc(C(F)(F)F)ccc1Cl)S(=O)(=O)c1ccccc1. The molecule has 0 aromatic heterocycles. The zero-order valence-electron chi connectivity index (χ0n) is 21.8. The van der Waals surface area contributed by atoms with Gasteiger partial charge in [-0.1, -0.05) is 59.1 Å². The molecule has 0 saturated carbocycles. The molecule has 14 heteroatoms. The fraction of sp³-hybridized carbons (Fsp3) is 0.259. The number of benzene rings is 3. The number of sulfonamides is 1. The van der Waals surface area contributed by atoms with Gasteiger partial charge in [0.05, 0.1) is 31.2 Å². The van der Waals surface area contributed by atoms with Gasteiger partial charge in [0.2, 0.25) is 11.8 Å². The van der Waals surface area contributed by atoms with Crippen LogP contribution < -0.4 is 9.62 Å². The van der Waals surface area contributed by atoms with E-state index in [1.54, 1.807) is 19.1 Å². The summed E-state index contributed by atoms with van der Waals surface area (Å²) >= 11 is 18.3. The molecule has 41 heavy (non-hydrogen) atoms. The van der Waals surface area contributed by atoms with E-state index < -0.39 is 51.9 Å². The molecule has 1 atom stereocenters. The van der Waals surface area contributed by atoms with Crippen molar-refractivity contribution in [3.8, 4) is 0 Å². The zero-order valence-corrected chi connectivity index (χ0v) is 24.8. The van der Waals surface area contributed by atoms with Crippen LogP contribution in [0, 0.1) is 0 Å². The van der Waals surface area contributed by atoms with Gasteiger partial charge in [-0.15, -0.1) is 0 Å². The number of nitrogens with one attached hydrogen (secondary N) is 1. The van der Waals surface area contributed by atoms with Gasteiger partial charge < -0.3 is 10.2 Å². The van der Waals surface area contributed by atoms with Crippen molar-refractivity contribution in [2.45, 2.75) is 37.5 Å². The Bertz CT molecular complexity index is 1520. The molecule has 0 saturated heterocycles. The maximum atomic E-state index is 13.8. The van der Waals surface area contributed by atoms with Crippen molar-refractivity contribution < 1.29 is 31.2 Å². The van der Waals surface area contributed by atoms with Crippen LogP contribution in [0.3, 0.4) is 0 Å². The summed E-state index contributed by atoms with van der Waals surface area (Å²) in [6, 6.07) is 12.5. The molecule has 0 aliphatic rings. The van der Waals surface area contributed by atoms with Crippen molar-refractivity contribution in [3.05, 3.63) is 92.9 Å². The van der Waals surface area contributed by atoms with Crippen LogP contribution in [-0.4, -0.2) is 44.3 Å². The molecule has 0 bridgehead atoms. The van der Waals surface area contributed by atoms with Gasteiger partial charge in [0.1, 0.15) is 12.6 Å². The molecule has 1 unspecified atom stereocenters. The largest absolute Gasteiger partial charge is 0.416 e. The van der Waals surface area contributed by atoms with Gasteiger partial charge in [0.25, 0.3) is 10.0 Å². The van der Waals surface area contributed by atoms with E-state index in [4.69, 9.17) is 34.8 Å². The van der Waals surface area contributed by atoms with E-state index in [2.05, 4.69) is 5.32 Å². The quantitative estimate of drug-likeness (QED) is 0.275. The number of amides is 2. The van der Waals surface area contributed by atoms with E-state index in [9.17, 15) is 31.2 Å². The Kier molecular flexibility index (Phi) is 10.6. The minimum Gasteiger partial charge on any atom is -0.355 e. The average Bonchev–Trinajstić information content (AvgIpc) is 2.92. The normalized spacial score (nSPS) is 12.5. The van der Waals surface area contributed by atoms with Crippen molar-refractivity contribution >= 4 is 62.3 Å². The number of hydrogen-bond donors (Lipinski definition) is 1. The second-order valence-corrected chi connectivity index (χ2v) is 11.9. The van der Waals surface area contributed by atoms with Crippen LogP contribution in [0.15, 0.2) is 71.6 Å². The van der Waals surface area contributed by atoms with Gasteiger partial charge >= 0.3 is 6.18 Å². The minimum atomic E-state index is -4.82. The number of alkyl halides is 3. The standard InChI is InChI=1S/C27H25Cl3F3N3O4S/c1-3-34-26(38)17(2)35(15-18-9-11-21(28)23(30)13-18)25(37)16-36(41(39,40)20-7-5-4-6-8-20)24-14-19(27(31,32)33)10-12-22(24)29/h4-14,17H,3,15-16H2,1-2H3,(H,34,38). The Morgan fingerprint density at radius 1 is 0.927 bits per heavy atom. The fourth-order valence-corrected chi connectivity index (χ4v) is 5.89. The summed E-state index contributed by atoms with van der Waals surface area (Å²) in [6.07, 6.45) is -4.82. The Morgan fingerprint density at radius 2 is 1.56 bits per heavy atom. The Balaban J connectivity index is 2.13. The maximum Gasteiger partial charge on any atom is 0.416 e. The Labute approximate surface area is 250 Å². The van der Waals surface area contributed by atoms with Crippen LogP contribution >= 0.6 is 34.8 Å². The molecule has 0 aliphatic carbocycles. The average molecular weight is 651 g/mol. The highest BCUT2D eigenvalue weighted by molar-refractivity contribution is 7.92. The fourth-order valence-electron chi connectivity index (χ4n) is 3.85. The lowest BCUT2D eigenvalue weighted by atomic mass is 10.1. The second-order valence-electron chi connectivity index (χ2n) is 8.83. The predicted octanol–water partition coefficient (Wildman–Crippen LogP) is 6.41. The highest BCUT2D eigenvalue weighted by atomic mass is 35.5. The summed E-state index contributed by atoms with van der Waals surface area (Å²) in [6.45, 7) is 2.21. The van der Waals surface area contributed by atoms with Gasteiger partial charge in [-0.2, -0.15) is 13.2 Å². The monoisotopic (exact) mass is 649 g/mol. The van der Waals surface area contributed by atoms with E-state index in [0.717, 1.165) is 11.0 Å². The number of carbonyl (C=O) groups excluding carboxylic acids is 2. The third-order valence-electron chi connectivity index (χ3n) is 6.01. The lowest BCUT2D eigenvalue weighted by molar-refractivity contribution is -0.139. The molecule has 0 heterocycles. The number of halogens is 6. The summed E-state index contributed by atoms with van der Waals surface area (Å²) in [7, 11) is -4.61. The first-order valence-electron chi connectivity index (χ1n) is 12.1. The van der Waals surface area contributed by atoms with E-state index in [1.807, 2.05) is 0 Å². The molecular formula is C27H25Cl3F3N3O4S. The summed E-state index contributed by atoms with van der Waals surface area (Å²) in [5, 5.41) is 2.71. The number of likely N-dealkylation sites (N-methyl/N-ethyl adjacent to an activating group) is 1. The molecule has 2 amide bonds. The number of anilines is 1. The topological polar surface area (TPSA) is 86.8 Å². The molecule has 3 aromatic rings. The van der Waals surface area contributed by atoms with Gasteiger partial charge in [-0.3, -0.25) is 13.9 Å². The van der Waals surface area contributed by atoms with E-state index >= 15 is 0 Å². The van der Waals surface area contributed by atoms with Crippen molar-refractivity contribution in [1.82, 2.24) is 10.2 Å². The highest BCUT2D eigenvalue weighted by Gasteiger charge is 2.36. The molecule has 3 rings (SSSR count). The van der Waals surface area contributed by atoms with E-state index in [-0.39, 0.29) is 33.1 Å². The predicted molar refractivity (Wildman–Crippen MR) is 153 cm³/mol. The van der Waals surface area contributed by atoms with E-state index in [0.29, 0.717) is 22.0 Å². The molecule has 1 N–H and O–H groups in total. The van der Waals surface area contributed by atoms with Crippen molar-refractivity contribution in [2.75, 3.05) is 17.4 Å². The van der Waals surface area contributed by atoms with Crippen molar-refractivity contribution in [2.24, 2.45) is 0 Å². The van der Waals surface area contributed by atoms with Gasteiger partial charge in [-0.25, -0.2) is 8.42 Å². The van der Waals surface area contributed by atoms with Crippen LogP contribution in [0.5, 0.6) is 0 Å². The third kappa shape index (κ3) is 7.85. The summed E-state index contributed by atoms with van der Waals surface area (Å²) in [4.78, 5) is 27.4. The minimum absolute atomic E-state index is 0.186. The lowest BCUT2D eigenvalue weighted by Crippen LogP contribution is -2.51. The first-order valence-corrected chi connectivity index (χ1v) is 14.7. The van der Waals surface area contributed by atoms with Gasteiger partial charge in [-0.05, 0) is 61.9 Å². The van der Waals surface area contributed by atoms with Crippen LogP contribution in [0.1, 0.15) is 25.0 Å². The smallest absolute Gasteiger partial charge is 0.355 e. The zero-order chi connectivity index (χ0) is 30.5. The Morgan fingerprint density at radius 3 is 2.15 bits per heavy atom. The van der Waals surface area contributed by atoms with Crippen LogP contribution in [-0.2, 0) is 32.3 Å². The van der Waals surface area contributed by atoms with Crippen molar-refractivity contribution in [3.63, 3.8) is 0 Å². The third-order valence-corrected chi connectivity index (χ3v) is 8.84. The first-order chi connectivity index (χ1) is 19.2. The maximum absolute atomic E-state index is 13.8.